The minimum absolute atomic E-state index is 0.351. The number of ether oxygens (including phenoxy) is 2. The third kappa shape index (κ3) is 3.89. The van der Waals surface area contributed by atoms with E-state index in [9.17, 15) is 28.5 Å². The Morgan fingerprint density at radius 1 is 1.10 bits per heavy atom. The number of nitrogens with one attached hydrogen (secondary N) is 1. The van der Waals surface area contributed by atoms with Crippen LogP contribution in [-0.4, -0.2) is 61.1 Å². The first-order valence-electron chi connectivity index (χ1n) is 8.83. The maximum absolute atomic E-state index is 12.3. The zero-order chi connectivity index (χ0) is 21.5. The van der Waals surface area contributed by atoms with E-state index in [4.69, 9.17) is 4.74 Å². The van der Waals surface area contributed by atoms with E-state index in [0.717, 1.165) is 0 Å². The standard InChI is InChI=1S/C18H17F3N4O5/c19-18(20,21)30-10-3-1-9(2-4-10)24-15-11-5-6-25(16(11)23-8-22-15)17-14(28)13(27)12(7-26)29-17/h1-6,8,12-14,17,26-28H,7H2,(H,22,23,24). The first-order chi connectivity index (χ1) is 14.3. The maximum Gasteiger partial charge on any atom is 0.573 e. The van der Waals surface area contributed by atoms with Gasteiger partial charge in [0.1, 0.15) is 41.9 Å². The highest BCUT2D eigenvalue weighted by Gasteiger charge is 2.43. The molecule has 1 aliphatic rings. The average Bonchev–Trinajstić information content (AvgIpc) is 3.24. The minimum atomic E-state index is -4.77. The lowest BCUT2D eigenvalue weighted by atomic mass is 10.1. The van der Waals surface area contributed by atoms with Crippen LogP contribution in [0.25, 0.3) is 11.0 Å². The van der Waals surface area contributed by atoms with Gasteiger partial charge < -0.3 is 34.7 Å². The van der Waals surface area contributed by atoms with Gasteiger partial charge in [0.05, 0.1) is 12.0 Å². The molecular weight excluding hydrogens is 409 g/mol. The summed E-state index contributed by atoms with van der Waals surface area (Å²) in [4.78, 5) is 8.33. The number of alkyl halides is 3. The van der Waals surface area contributed by atoms with Crippen LogP contribution in [0.1, 0.15) is 6.23 Å². The van der Waals surface area contributed by atoms with Crippen molar-refractivity contribution in [1.29, 1.82) is 0 Å². The molecule has 4 atom stereocenters. The summed E-state index contributed by atoms with van der Waals surface area (Å²) in [7, 11) is 0. The molecule has 3 aromatic rings. The van der Waals surface area contributed by atoms with E-state index < -0.39 is 37.5 Å². The van der Waals surface area contributed by atoms with Crippen LogP contribution in [0.4, 0.5) is 24.7 Å². The smallest absolute Gasteiger partial charge is 0.406 e. The predicted octanol–water partition coefficient (Wildman–Crippen LogP) is 1.68. The summed E-state index contributed by atoms with van der Waals surface area (Å²) in [6.45, 7) is -0.455. The van der Waals surface area contributed by atoms with E-state index in [1.165, 1.54) is 35.2 Å². The molecule has 4 N–H and O–H groups in total. The highest BCUT2D eigenvalue weighted by Crippen LogP contribution is 2.34. The van der Waals surface area contributed by atoms with Gasteiger partial charge in [-0.15, -0.1) is 13.2 Å². The highest BCUT2D eigenvalue weighted by atomic mass is 19.4. The van der Waals surface area contributed by atoms with Crippen LogP contribution in [0.5, 0.6) is 5.75 Å². The Morgan fingerprint density at radius 2 is 1.83 bits per heavy atom. The van der Waals surface area contributed by atoms with Gasteiger partial charge in [0.25, 0.3) is 0 Å². The average molecular weight is 426 g/mol. The second-order valence-electron chi connectivity index (χ2n) is 6.61. The number of anilines is 2. The second kappa shape index (κ2) is 7.72. The van der Waals surface area contributed by atoms with Crippen molar-refractivity contribution in [2.45, 2.75) is 30.9 Å². The lowest BCUT2D eigenvalue weighted by Gasteiger charge is -2.17. The number of rotatable bonds is 5. The molecule has 4 unspecified atom stereocenters. The van der Waals surface area contributed by atoms with Gasteiger partial charge in [0.15, 0.2) is 6.23 Å². The summed E-state index contributed by atoms with van der Waals surface area (Å²) in [6, 6.07) is 6.79. The Bertz CT molecular complexity index is 1030. The number of fused-ring (bicyclic) bond motifs is 1. The maximum atomic E-state index is 12.3. The number of nitrogens with zero attached hydrogens (tertiary/aromatic N) is 3. The zero-order valence-electron chi connectivity index (χ0n) is 15.2. The first-order valence-corrected chi connectivity index (χ1v) is 8.83. The van der Waals surface area contributed by atoms with Crippen molar-refractivity contribution in [3.05, 3.63) is 42.9 Å². The topological polar surface area (TPSA) is 122 Å². The number of benzene rings is 1. The number of hydrogen-bond acceptors (Lipinski definition) is 8. The summed E-state index contributed by atoms with van der Waals surface area (Å²) in [5, 5.41) is 33.0. The molecule has 1 aliphatic heterocycles. The van der Waals surface area contributed by atoms with E-state index in [-0.39, 0.29) is 5.75 Å². The zero-order valence-corrected chi connectivity index (χ0v) is 15.2. The Hall–Kier alpha value is -2.93. The number of aromatic nitrogens is 3. The van der Waals surface area contributed by atoms with Gasteiger partial charge >= 0.3 is 6.36 Å². The molecule has 160 valence electrons. The molecule has 30 heavy (non-hydrogen) atoms. The fourth-order valence-electron chi connectivity index (χ4n) is 3.26. The van der Waals surface area contributed by atoms with Crippen LogP contribution in [0, 0.1) is 0 Å². The molecule has 0 saturated carbocycles. The third-order valence-electron chi connectivity index (χ3n) is 4.65. The van der Waals surface area contributed by atoms with Crippen LogP contribution in [0.2, 0.25) is 0 Å². The number of aliphatic hydroxyl groups excluding tert-OH is 3. The molecule has 0 spiro atoms. The summed E-state index contributed by atoms with van der Waals surface area (Å²) in [5.74, 6) is 0.0198. The summed E-state index contributed by atoms with van der Waals surface area (Å²) < 4.78 is 47.7. The summed E-state index contributed by atoms with van der Waals surface area (Å²) in [6.07, 6.45) is -6.34. The van der Waals surface area contributed by atoms with E-state index in [1.807, 2.05) is 0 Å². The first kappa shape index (κ1) is 20.3. The Balaban J connectivity index is 1.58. The van der Waals surface area contributed by atoms with Crippen LogP contribution >= 0.6 is 0 Å². The number of aliphatic hydroxyl groups is 3. The van der Waals surface area contributed by atoms with Crippen LogP contribution in [0.15, 0.2) is 42.9 Å². The Labute approximate surface area is 167 Å². The van der Waals surface area contributed by atoms with Gasteiger partial charge in [-0.05, 0) is 30.3 Å². The van der Waals surface area contributed by atoms with Crippen molar-refractivity contribution >= 4 is 22.5 Å². The SMILES string of the molecule is OCC1OC(n2ccc3c(Nc4ccc(OC(F)(F)F)cc4)ncnc32)C(O)C1O. The fourth-order valence-corrected chi connectivity index (χ4v) is 3.26. The van der Waals surface area contributed by atoms with Crippen LogP contribution in [0.3, 0.4) is 0 Å². The monoisotopic (exact) mass is 426 g/mol. The molecule has 12 heteroatoms. The lowest BCUT2D eigenvalue weighted by Crippen LogP contribution is -2.33. The van der Waals surface area contributed by atoms with Crippen molar-refractivity contribution in [3.63, 3.8) is 0 Å². The molecule has 0 radical (unpaired) electrons. The molecule has 1 fully saturated rings. The highest BCUT2D eigenvalue weighted by molar-refractivity contribution is 5.89. The van der Waals surface area contributed by atoms with Crippen molar-refractivity contribution in [1.82, 2.24) is 14.5 Å². The van der Waals surface area contributed by atoms with Crippen LogP contribution < -0.4 is 10.1 Å². The third-order valence-corrected chi connectivity index (χ3v) is 4.65. The van der Waals surface area contributed by atoms with Crippen molar-refractivity contribution < 1.29 is 38.0 Å². The molecule has 3 heterocycles. The fraction of sp³-hybridized carbons (Fsp3) is 0.333. The minimum Gasteiger partial charge on any atom is -0.406 e. The van der Waals surface area contributed by atoms with Gasteiger partial charge in [0, 0.05) is 11.9 Å². The number of halogens is 3. The van der Waals surface area contributed by atoms with Gasteiger partial charge in [-0.3, -0.25) is 0 Å². The molecule has 9 nitrogen and oxygen atoms in total. The van der Waals surface area contributed by atoms with Gasteiger partial charge in [-0.25, -0.2) is 9.97 Å². The molecule has 0 bridgehead atoms. The molecule has 0 amide bonds. The van der Waals surface area contributed by atoms with Crippen molar-refractivity contribution in [2.24, 2.45) is 0 Å². The van der Waals surface area contributed by atoms with Gasteiger partial charge in [-0.1, -0.05) is 0 Å². The number of hydrogen-bond donors (Lipinski definition) is 4. The van der Waals surface area contributed by atoms with Crippen molar-refractivity contribution in [2.75, 3.05) is 11.9 Å². The summed E-state index contributed by atoms with van der Waals surface area (Å²) in [5.41, 5.74) is 0.851. The normalized spacial score (nSPS) is 24.3. The molecule has 1 saturated heterocycles. The predicted molar refractivity (Wildman–Crippen MR) is 96.9 cm³/mol. The molecule has 1 aromatic carbocycles. The lowest BCUT2D eigenvalue weighted by molar-refractivity contribution is -0.274. The summed E-state index contributed by atoms with van der Waals surface area (Å²) >= 11 is 0. The Morgan fingerprint density at radius 3 is 2.47 bits per heavy atom. The largest absolute Gasteiger partial charge is 0.573 e. The molecule has 2 aromatic heterocycles. The van der Waals surface area contributed by atoms with Gasteiger partial charge in [0.2, 0.25) is 0 Å². The molecular formula is C18H17F3N4O5. The molecule has 4 rings (SSSR count). The van der Waals surface area contributed by atoms with Crippen LogP contribution in [-0.2, 0) is 4.74 Å². The van der Waals surface area contributed by atoms with E-state index in [2.05, 4.69) is 20.0 Å². The van der Waals surface area contributed by atoms with E-state index in [0.29, 0.717) is 22.5 Å². The second-order valence-corrected chi connectivity index (χ2v) is 6.61. The van der Waals surface area contributed by atoms with E-state index in [1.54, 1.807) is 12.3 Å². The van der Waals surface area contributed by atoms with Crippen molar-refractivity contribution in [3.8, 4) is 5.75 Å². The molecule has 0 aliphatic carbocycles. The van der Waals surface area contributed by atoms with E-state index >= 15 is 0 Å². The Kier molecular flexibility index (Phi) is 5.24. The quantitative estimate of drug-likeness (QED) is 0.486. The van der Waals surface area contributed by atoms with Gasteiger partial charge in [-0.2, -0.15) is 0 Å².